The Morgan fingerprint density at radius 1 is 1.24 bits per heavy atom. The van der Waals surface area contributed by atoms with Gasteiger partial charge in [0.15, 0.2) is 5.96 Å². The maximum atomic E-state index is 4.76. The van der Waals surface area contributed by atoms with E-state index in [4.69, 9.17) is 9.98 Å². The van der Waals surface area contributed by atoms with E-state index in [0.29, 0.717) is 0 Å². The van der Waals surface area contributed by atoms with E-state index in [-0.39, 0.29) is 5.41 Å². The Morgan fingerprint density at radius 2 is 2.00 bits per heavy atom. The van der Waals surface area contributed by atoms with Gasteiger partial charge in [0.1, 0.15) is 0 Å². The lowest BCUT2D eigenvalue weighted by molar-refractivity contribution is 0.235. The molecule has 142 valence electrons. The fourth-order valence-electron chi connectivity index (χ4n) is 2.89. The van der Waals surface area contributed by atoms with Crippen molar-refractivity contribution in [1.82, 2.24) is 20.5 Å². The summed E-state index contributed by atoms with van der Waals surface area (Å²) in [6, 6.07) is 0. The van der Waals surface area contributed by atoms with Crippen molar-refractivity contribution in [3.05, 3.63) is 16.1 Å². The normalized spacial score (nSPS) is 16.9. The number of piperidine rings is 1. The second kappa shape index (κ2) is 10.1. The fourth-order valence-corrected chi connectivity index (χ4v) is 3.91. The molecule has 1 aliphatic rings. The molecule has 1 aromatic heterocycles. The van der Waals surface area contributed by atoms with Crippen molar-refractivity contribution >= 4 is 17.3 Å². The lowest BCUT2D eigenvalue weighted by atomic mass is 9.93. The summed E-state index contributed by atoms with van der Waals surface area (Å²) >= 11 is 1.76. The van der Waals surface area contributed by atoms with Gasteiger partial charge in [-0.15, -0.1) is 11.3 Å². The number of rotatable bonds is 7. The van der Waals surface area contributed by atoms with Gasteiger partial charge in [-0.2, -0.15) is 0 Å². The molecule has 0 aromatic carbocycles. The van der Waals surface area contributed by atoms with Gasteiger partial charge < -0.3 is 15.5 Å². The lowest BCUT2D eigenvalue weighted by Gasteiger charge is -2.25. The molecule has 2 heterocycles. The van der Waals surface area contributed by atoms with Gasteiger partial charge in [0, 0.05) is 36.9 Å². The highest BCUT2D eigenvalue weighted by Crippen LogP contribution is 2.23. The van der Waals surface area contributed by atoms with E-state index in [9.17, 15) is 0 Å². The average Bonchev–Trinajstić information content (AvgIpc) is 3.05. The van der Waals surface area contributed by atoms with Gasteiger partial charge in [0.05, 0.1) is 17.2 Å². The van der Waals surface area contributed by atoms with Gasteiger partial charge in [-0.25, -0.2) is 4.98 Å². The Morgan fingerprint density at radius 3 is 2.64 bits per heavy atom. The summed E-state index contributed by atoms with van der Waals surface area (Å²) in [7, 11) is 0. The van der Waals surface area contributed by atoms with E-state index in [0.717, 1.165) is 38.6 Å². The molecule has 0 spiro atoms. The third-order valence-corrected chi connectivity index (χ3v) is 5.34. The quantitative estimate of drug-likeness (QED) is 0.576. The molecular weight excluding hydrogens is 330 g/mol. The summed E-state index contributed by atoms with van der Waals surface area (Å²) in [6.45, 7) is 14.9. The minimum Gasteiger partial charge on any atom is -0.357 e. The number of likely N-dealkylation sites (tertiary alicyclic amines) is 1. The van der Waals surface area contributed by atoms with Crippen LogP contribution in [0, 0.1) is 0 Å². The predicted octanol–water partition coefficient (Wildman–Crippen LogP) is 3.02. The molecule has 0 unspecified atom stereocenters. The molecule has 0 amide bonds. The van der Waals surface area contributed by atoms with Crippen LogP contribution in [0.5, 0.6) is 0 Å². The van der Waals surface area contributed by atoms with E-state index in [1.165, 1.54) is 43.1 Å². The van der Waals surface area contributed by atoms with Crippen molar-refractivity contribution in [2.45, 2.75) is 58.8 Å². The molecule has 5 nitrogen and oxygen atoms in total. The standard InChI is InChI=1S/C19H35N5S/c1-5-20-18(22-11-14-24-12-7-6-8-13-24)21-10-9-17-23-16(15-25-17)19(2,3)4/h15H,5-14H2,1-4H3,(H2,20,21,22). The summed E-state index contributed by atoms with van der Waals surface area (Å²) < 4.78 is 0. The van der Waals surface area contributed by atoms with Crippen molar-refractivity contribution in [1.29, 1.82) is 0 Å². The molecule has 1 saturated heterocycles. The minimum absolute atomic E-state index is 0.132. The first-order valence-corrected chi connectivity index (χ1v) is 10.6. The highest BCUT2D eigenvalue weighted by Gasteiger charge is 2.17. The summed E-state index contributed by atoms with van der Waals surface area (Å²) in [5.41, 5.74) is 1.32. The minimum atomic E-state index is 0.132. The summed E-state index contributed by atoms with van der Waals surface area (Å²) in [5, 5.41) is 10.2. The Hall–Kier alpha value is -1.14. The average molecular weight is 366 g/mol. The number of thiazole rings is 1. The van der Waals surface area contributed by atoms with Crippen LogP contribution in [-0.2, 0) is 11.8 Å². The first-order valence-electron chi connectivity index (χ1n) is 9.68. The summed E-state index contributed by atoms with van der Waals surface area (Å²) in [5.74, 6) is 0.923. The maximum Gasteiger partial charge on any atom is 0.191 e. The van der Waals surface area contributed by atoms with Crippen LogP contribution in [-0.4, -0.2) is 55.1 Å². The van der Waals surface area contributed by atoms with Crippen LogP contribution in [0.25, 0.3) is 0 Å². The third-order valence-electron chi connectivity index (χ3n) is 4.43. The van der Waals surface area contributed by atoms with Crippen molar-refractivity contribution < 1.29 is 0 Å². The molecule has 0 atom stereocenters. The monoisotopic (exact) mass is 365 g/mol. The predicted molar refractivity (Wildman–Crippen MR) is 109 cm³/mol. The Bertz CT molecular complexity index is 526. The van der Waals surface area contributed by atoms with Crippen LogP contribution in [0.4, 0.5) is 0 Å². The zero-order chi connectivity index (χ0) is 18.1. The van der Waals surface area contributed by atoms with Crippen LogP contribution < -0.4 is 10.6 Å². The molecule has 6 heteroatoms. The molecule has 25 heavy (non-hydrogen) atoms. The van der Waals surface area contributed by atoms with Crippen molar-refractivity contribution in [2.24, 2.45) is 4.99 Å². The van der Waals surface area contributed by atoms with E-state index in [2.05, 4.69) is 48.6 Å². The molecular formula is C19H35N5S. The molecule has 0 aliphatic carbocycles. The van der Waals surface area contributed by atoms with E-state index in [1.807, 2.05) is 0 Å². The number of aliphatic imine (C=N–C) groups is 1. The van der Waals surface area contributed by atoms with Crippen LogP contribution in [0.1, 0.15) is 57.7 Å². The van der Waals surface area contributed by atoms with Gasteiger partial charge in [0.2, 0.25) is 0 Å². The van der Waals surface area contributed by atoms with Gasteiger partial charge in [-0.05, 0) is 32.9 Å². The molecule has 0 bridgehead atoms. The molecule has 1 aromatic rings. The molecule has 2 rings (SSSR count). The maximum absolute atomic E-state index is 4.76. The second-order valence-corrected chi connectivity index (χ2v) is 8.66. The van der Waals surface area contributed by atoms with Crippen molar-refractivity contribution in [3.8, 4) is 0 Å². The fraction of sp³-hybridized carbons (Fsp3) is 0.789. The largest absolute Gasteiger partial charge is 0.357 e. The lowest BCUT2D eigenvalue weighted by Crippen LogP contribution is -2.39. The van der Waals surface area contributed by atoms with Gasteiger partial charge in [-0.3, -0.25) is 4.99 Å². The number of guanidine groups is 1. The molecule has 2 N–H and O–H groups in total. The van der Waals surface area contributed by atoms with Crippen LogP contribution in [0.15, 0.2) is 10.4 Å². The molecule has 1 aliphatic heterocycles. The van der Waals surface area contributed by atoms with Gasteiger partial charge in [0.25, 0.3) is 0 Å². The highest BCUT2D eigenvalue weighted by atomic mass is 32.1. The highest BCUT2D eigenvalue weighted by molar-refractivity contribution is 7.09. The molecule has 0 saturated carbocycles. The number of nitrogens with one attached hydrogen (secondary N) is 2. The number of hydrogen-bond acceptors (Lipinski definition) is 4. The first kappa shape index (κ1) is 20.2. The van der Waals surface area contributed by atoms with Crippen LogP contribution in [0.2, 0.25) is 0 Å². The number of nitrogens with zero attached hydrogens (tertiary/aromatic N) is 3. The van der Waals surface area contributed by atoms with Crippen molar-refractivity contribution in [3.63, 3.8) is 0 Å². The zero-order valence-corrected chi connectivity index (χ0v) is 17.2. The molecule has 1 fully saturated rings. The van der Waals surface area contributed by atoms with E-state index >= 15 is 0 Å². The summed E-state index contributed by atoms with van der Waals surface area (Å²) in [6.07, 6.45) is 5.01. The van der Waals surface area contributed by atoms with Crippen LogP contribution >= 0.6 is 11.3 Å². The number of aromatic nitrogens is 1. The summed E-state index contributed by atoms with van der Waals surface area (Å²) in [4.78, 5) is 12.0. The topological polar surface area (TPSA) is 52.6 Å². The number of hydrogen-bond donors (Lipinski definition) is 2. The van der Waals surface area contributed by atoms with Crippen LogP contribution in [0.3, 0.4) is 0 Å². The van der Waals surface area contributed by atoms with Gasteiger partial charge >= 0.3 is 0 Å². The van der Waals surface area contributed by atoms with E-state index < -0.39 is 0 Å². The van der Waals surface area contributed by atoms with E-state index in [1.54, 1.807) is 11.3 Å². The third kappa shape index (κ3) is 7.32. The Kier molecular flexibility index (Phi) is 8.16. The first-order chi connectivity index (χ1) is 12.0. The van der Waals surface area contributed by atoms with Gasteiger partial charge in [-0.1, -0.05) is 27.2 Å². The SMILES string of the molecule is CCNC(=NCCN1CCCCC1)NCCc1nc(C(C)(C)C)cs1. The zero-order valence-electron chi connectivity index (χ0n) is 16.4. The Balaban J connectivity index is 1.74. The van der Waals surface area contributed by atoms with Crippen molar-refractivity contribution in [2.75, 3.05) is 39.3 Å². The second-order valence-electron chi connectivity index (χ2n) is 7.72. The Labute approximate surface area is 157 Å². The smallest absolute Gasteiger partial charge is 0.191 e. The molecule has 0 radical (unpaired) electrons.